The van der Waals surface area contributed by atoms with Crippen LogP contribution in [0.5, 0.6) is 5.75 Å². The van der Waals surface area contributed by atoms with Gasteiger partial charge in [-0.3, -0.25) is 4.98 Å². The first kappa shape index (κ1) is 15.3. The quantitative estimate of drug-likeness (QED) is 0.838. The van der Waals surface area contributed by atoms with Gasteiger partial charge < -0.3 is 15.3 Å². The number of piperidine rings is 1. The number of nitrogens with zero attached hydrogens (tertiary/aromatic N) is 2. The second kappa shape index (κ2) is 7.60. The molecule has 1 aliphatic rings. The van der Waals surface area contributed by atoms with E-state index in [0.29, 0.717) is 12.5 Å². The van der Waals surface area contributed by atoms with Gasteiger partial charge >= 0.3 is 0 Å². The molecule has 1 saturated heterocycles. The first-order valence-corrected chi connectivity index (χ1v) is 7.73. The summed E-state index contributed by atoms with van der Waals surface area (Å²) < 4.78 is 0. The lowest BCUT2D eigenvalue weighted by Crippen LogP contribution is -2.36. The standard InChI is InChI=1S/C16H27N3O/c1-13(12-19-8-4-3-5-9-19)10-17-11-15-16(20)7-6-14(2)18-15/h6-7,13,17,20H,3-5,8-12H2,1-2H3. The molecule has 4 heteroatoms. The van der Waals surface area contributed by atoms with Crippen molar-refractivity contribution in [2.24, 2.45) is 5.92 Å². The first-order chi connectivity index (χ1) is 9.65. The van der Waals surface area contributed by atoms with E-state index in [1.54, 1.807) is 6.07 Å². The predicted octanol–water partition coefficient (Wildman–Crippen LogP) is 2.31. The highest BCUT2D eigenvalue weighted by Gasteiger charge is 2.13. The molecule has 0 amide bonds. The summed E-state index contributed by atoms with van der Waals surface area (Å²) in [6, 6.07) is 3.55. The van der Waals surface area contributed by atoms with Crippen LogP contribution in [0.1, 0.15) is 37.6 Å². The van der Waals surface area contributed by atoms with Gasteiger partial charge in [0.15, 0.2) is 0 Å². The van der Waals surface area contributed by atoms with Crippen molar-refractivity contribution in [1.29, 1.82) is 0 Å². The molecule has 1 aliphatic heterocycles. The summed E-state index contributed by atoms with van der Waals surface area (Å²) in [7, 11) is 0. The van der Waals surface area contributed by atoms with Gasteiger partial charge in [0.25, 0.3) is 0 Å². The zero-order valence-corrected chi connectivity index (χ0v) is 12.7. The second-order valence-electron chi connectivity index (χ2n) is 6.02. The van der Waals surface area contributed by atoms with Crippen LogP contribution >= 0.6 is 0 Å². The third-order valence-electron chi connectivity index (χ3n) is 3.89. The maximum absolute atomic E-state index is 9.75. The number of pyridine rings is 1. The van der Waals surface area contributed by atoms with Crippen LogP contribution in [0, 0.1) is 12.8 Å². The van der Waals surface area contributed by atoms with Crippen LogP contribution in [-0.4, -0.2) is 41.2 Å². The molecule has 0 aliphatic carbocycles. The Hall–Kier alpha value is -1.13. The van der Waals surface area contributed by atoms with Crippen molar-refractivity contribution in [3.8, 4) is 5.75 Å². The van der Waals surface area contributed by atoms with Crippen LogP contribution in [-0.2, 0) is 6.54 Å². The Morgan fingerprint density at radius 3 is 2.80 bits per heavy atom. The Morgan fingerprint density at radius 2 is 2.05 bits per heavy atom. The van der Waals surface area contributed by atoms with Crippen molar-refractivity contribution in [3.05, 3.63) is 23.5 Å². The van der Waals surface area contributed by atoms with Crippen LogP contribution in [0.4, 0.5) is 0 Å². The van der Waals surface area contributed by atoms with E-state index in [-0.39, 0.29) is 5.75 Å². The van der Waals surface area contributed by atoms with Gasteiger partial charge in [0.2, 0.25) is 0 Å². The summed E-state index contributed by atoms with van der Waals surface area (Å²) in [5, 5.41) is 13.2. The minimum atomic E-state index is 0.284. The van der Waals surface area contributed by atoms with Crippen LogP contribution in [0.2, 0.25) is 0 Å². The second-order valence-corrected chi connectivity index (χ2v) is 6.02. The number of aromatic hydroxyl groups is 1. The van der Waals surface area contributed by atoms with E-state index in [1.165, 1.54) is 38.9 Å². The molecule has 2 rings (SSSR count). The van der Waals surface area contributed by atoms with E-state index in [4.69, 9.17) is 0 Å². The molecule has 4 nitrogen and oxygen atoms in total. The Bertz CT molecular complexity index is 416. The van der Waals surface area contributed by atoms with Gasteiger partial charge in [0, 0.05) is 18.8 Å². The Kier molecular flexibility index (Phi) is 5.80. The van der Waals surface area contributed by atoms with Gasteiger partial charge in [-0.25, -0.2) is 0 Å². The molecule has 0 saturated carbocycles. The molecule has 1 aromatic heterocycles. The van der Waals surface area contributed by atoms with Crippen molar-refractivity contribution in [2.45, 2.75) is 39.7 Å². The van der Waals surface area contributed by atoms with Crippen LogP contribution in [0.25, 0.3) is 0 Å². The molecular weight excluding hydrogens is 250 g/mol. The summed E-state index contributed by atoms with van der Waals surface area (Å²) in [6.07, 6.45) is 4.09. The van der Waals surface area contributed by atoms with Crippen molar-refractivity contribution < 1.29 is 5.11 Å². The Balaban J connectivity index is 1.70. The van der Waals surface area contributed by atoms with E-state index >= 15 is 0 Å². The fourth-order valence-corrected chi connectivity index (χ4v) is 2.82. The minimum Gasteiger partial charge on any atom is -0.506 e. The van der Waals surface area contributed by atoms with E-state index in [9.17, 15) is 5.11 Å². The molecule has 1 atom stereocenters. The number of nitrogens with one attached hydrogen (secondary N) is 1. The lowest BCUT2D eigenvalue weighted by atomic mass is 10.1. The van der Waals surface area contributed by atoms with Gasteiger partial charge in [-0.05, 0) is 57.5 Å². The first-order valence-electron chi connectivity index (χ1n) is 7.73. The molecule has 2 N–H and O–H groups in total. The number of likely N-dealkylation sites (tertiary alicyclic amines) is 1. The SMILES string of the molecule is Cc1ccc(O)c(CNCC(C)CN2CCCCC2)n1. The van der Waals surface area contributed by atoms with Crippen molar-refractivity contribution >= 4 is 0 Å². The molecule has 0 spiro atoms. The van der Waals surface area contributed by atoms with E-state index < -0.39 is 0 Å². The maximum Gasteiger partial charge on any atom is 0.138 e. The molecule has 1 unspecified atom stereocenters. The molecule has 0 aromatic carbocycles. The highest BCUT2D eigenvalue weighted by Crippen LogP contribution is 2.14. The summed E-state index contributed by atoms with van der Waals surface area (Å²) in [6.45, 7) is 9.51. The Labute approximate surface area is 122 Å². The van der Waals surface area contributed by atoms with E-state index in [1.807, 2.05) is 13.0 Å². The largest absolute Gasteiger partial charge is 0.506 e. The summed E-state index contributed by atoms with van der Waals surface area (Å²) in [5.74, 6) is 0.909. The lowest BCUT2D eigenvalue weighted by Gasteiger charge is -2.29. The lowest BCUT2D eigenvalue weighted by molar-refractivity contribution is 0.199. The molecule has 0 bridgehead atoms. The number of aromatic nitrogens is 1. The number of hydrogen-bond donors (Lipinski definition) is 2. The molecule has 1 aromatic rings. The van der Waals surface area contributed by atoms with Gasteiger partial charge in [0.1, 0.15) is 5.75 Å². The highest BCUT2D eigenvalue weighted by molar-refractivity contribution is 5.27. The van der Waals surface area contributed by atoms with Gasteiger partial charge in [-0.1, -0.05) is 13.3 Å². The number of rotatable bonds is 6. The van der Waals surface area contributed by atoms with Gasteiger partial charge in [-0.2, -0.15) is 0 Å². The van der Waals surface area contributed by atoms with E-state index in [2.05, 4.69) is 22.1 Å². The Morgan fingerprint density at radius 1 is 1.30 bits per heavy atom. The average Bonchev–Trinajstić information content (AvgIpc) is 2.44. The highest BCUT2D eigenvalue weighted by atomic mass is 16.3. The maximum atomic E-state index is 9.75. The minimum absolute atomic E-state index is 0.284. The topological polar surface area (TPSA) is 48.4 Å². The zero-order chi connectivity index (χ0) is 14.4. The third kappa shape index (κ3) is 4.76. The van der Waals surface area contributed by atoms with Crippen molar-refractivity contribution in [3.63, 3.8) is 0 Å². The molecule has 1 fully saturated rings. The average molecular weight is 277 g/mol. The number of aryl methyl sites for hydroxylation is 1. The number of hydrogen-bond acceptors (Lipinski definition) is 4. The van der Waals surface area contributed by atoms with E-state index in [0.717, 1.165) is 17.9 Å². The summed E-state index contributed by atoms with van der Waals surface area (Å²) in [5.41, 5.74) is 1.69. The van der Waals surface area contributed by atoms with Gasteiger partial charge in [-0.15, -0.1) is 0 Å². The van der Waals surface area contributed by atoms with Crippen molar-refractivity contribution in [1.82, 2.24) is 15.2 Å². The molecule has 20 heavy (non-hydrogen) atoms. The van der Waals surface area contributed by atoms with Gasteiger partial charge in [0.05, 0.1) is 5.69 Å². The smallest absolute Gasteiger partial charge is 0.138 e. The molecule has 0 radical (unpaired) electrons. The normalized spacial score (nSPS) is 18.1. The fourth-order valence-electron chi connectivity index (χ4n) is 2.82. The van der Waals surface area contributed by atoms with Crippen molar-refractivity contribution in [2.75, 3.05) is 26.2 Å². The molecular formula is C16H27N3O. The fraction of sp³-hybridized carbons (Fsp3) is 0.688. The summed E-state index contributed by atoms with van der Waals surface area (Å²) >= 11 is 0. The van der Waals surface area contributed by atoms with Crippen LogP contribution in [0.15, 0.2) is 12.1 Å². The molecule has 112 valence electrons. The summed E-state index contributed by atoms with van der Waals surface area (Å²) in [4.78, 5) is 6.93. The zero-order valence-electron chi connectivity index (χ0n) is 12.7. The van der Waals surface area contributed by atoms with Crippen LogP contribution < -0.4 is 5.32 Å². The molecule has 2 heterocycles. The van der Waals surface area contributed by atoms with Crippen LogP contribution in [0.3, 0.4) is 0 Å². The third-order valence-corrected chi connectivity index (χ3v) is 3.89. The predicted molar refractivity (Wildman–Crippen MR) is 81.8 cm³/mol. The monoisotopic (exact) mass is 277 g/mol.